The molecular formula is C16H17N5O. The van der Waals surface area contributed by atoms with Gasteiger partial charge in [-0.05, 0) is 42.7 Å². The minimum Gasteiger partial charge on any atom is -0.351 e. The third kappa shape index (κ3) is 3.58. The van der Waals surface area contributed by atoms with Crippen LogP contribution in [0.5, 0.6) is 0 Å². The number of nitrogens with one attached hydrogen (secondary N) is 1. The van der Waals surface area contributed by atoms with Crippen LogP contribution in [0.25, 0.3) is 11.8 Å². The summed E-state index contributed by atoms with van der Waals surface area (Å²) >= 11 is 0. The Bertz CT molecular complexity index is 725. The Balaban J connectivity index is 2.26. The molecule has 1 amide bonds. The maximum absolute atomic E-state index is 11.9. The van der Waals surface area contributed by atoms with E-state index in [1.807, 2.05) is 38.1 Å². The second kappa shape index (κ2) is 7.18. The summed E-state index contributed by atoms with van der Waals surface area (Å²) in [5.74, 6) is -0.345. The fourth-order valence-electron chi connectivity index (χ4n) is 2.01. The highest BCUT2D eigenvalue weighted by Gasteiger charge is 2.09. The highest BCUT2D eigenvalue weighted by molar-refractivity contribution is 6.01. The molecule has 2 rings (SSSR count). The molecule has 1 heterocycles. The van der Waals surface area contributed by atoms with Crippen molar-refractivity contribution in [2.24, 2.45) is 0 Å². The number of benzene rings is 1. The zero-order valence-corrected chi connectivity index (χ0v) is 12.6. The minimum absolute atomic E-state index is 0.0985. The van der Waals surface area contributed by atoms with E-state index in [1.54, 1.807) is 17.1 Å². The highest BCUT2D eigenvalue weighted by Crippen LogP contribution is 2.16. The van der Waals surface area contributed by atoms with Crippen molar-refractivity contribution in [1.29, 1.82) is 5.26 Å². The molecule has 0 radical (unpaired) electrons. The molecule has 0 aliphatic carbocycles. The number of carbonyl (C=O) groups is 1. The Morgan fingerprint density at radius 1 is 1.50 bits per heavy atom. The Morgan fingerprint density at radius 2 is 2.32 bits per heavy atom. The summed E-state index contributed by atoms with van der Waals surface area (Å²) in [5.41, 5.74) is 2.78. The van der Waals surface area contributed by atoms with Crippen LogP contribution in [0.15, 0.2) is 36.4 Å². The number of amides is 1. The molecule has 0 saturated carbocycles. The van der Waals surface area contributed by atoms with Crippen LogP contribution in [0.3, 0.4) is 0 Å². The molecule has 1 aromatic heterocycles. The summed E-state index contributed by atoms with van der Waals surface area (Å²) in [7, 11) is 0. The lowest BCUT2D eigenvalue weighted by molar-refractivity contribution is -0.117. The van der Waals surface area contributed by atoms with Gasteiger partial charge in [0.15, 0.2) is 0 Å². The summed E-state index contributed by atoms with van der Waals surface area (Å²) in [6, 6.07) is 7.57. The fourth-order valence-corrected chi connectivity index (χ4v) is 2.01. The molecule has 22 heavy (non-hydrogen) atoms. The van der Waals surface area contributed by atoms with Crippen LogP contribution in [0.2, 0.25) is 0 Å². The molecular weight excluding hydrogens is 278 g/mol. The minimum atomic E-state index is -0.345. The third-order valence-electron chi connectivity index (χ3n) is 3.10. The van der Waals surface area contributed by atoms with E-state index in [1.165, 1.54) is 6.33 Å². The number of aromatic nitrogens is 3. The first-order valence-corrected chi connectivity index (χ1v) is 7.01. The predicted octanol–water partition coefficient (Wildman–Crippen LogP) is 2.01. The van der Waals surface area contributed by atoms with E-state index < -0.39 is 0 Å². The van der Waals surface area contributed by atoms with Crippen LogP contribution in [0.4, 0.5) is 0 Å². The van der Waals surface area contributed by atoms with Crippen LogP contribution in [0.1, 0.15) is 24.5 Å². The van der Waals surface area contributed by atoms with Gasteiger partial charge < -0.3 is 5.32 Å². The average Bonchev–Trinajstić information content (AvgIpc) is 3.04. The number of hydrogen-bond donors (Lipinski definition) is 1. The van der Waals surface area contributed by atoms with E-state index in [4.69, 9.17) is 5.26 Å². The van der Waals surface area contributed by atoms with Crippen LogP contribution in [0, 0.1) is 18.3 Å². The van der Waals surface area contributed by atoms with E-state index in [2.05, 4.69) is 15.4 Å². The van der Waals surface area contributed by atoms with Gasteiger partial charge in [0.05, 0.1) is 5.69 Å². The number of rotatable bonds is 5. The van der Waals surface area contributed by atoms with Crippen molar-refractivity contribution in [1.82, 2.24) is 20.1 Å². The van der Waals surface area contributed by atoms with Gasteiger partial charge in [-0.15, -0.1) is 0 Å². The molecule has 0 aliphatic rings. The first-order chi connectivity index (χ1) is 10.7. The molecule has 0 atom stereocenters. The third-order valence-corrected chi connectivity index (χ3v) is 3.10. The molecule has 112 valence electrons. The largest absolute Gasteiger partial charge is 0.351 e. The van der Waals surface area contributed by atoms with E-state index >= 15 is 0 Å². The van der Waals surface area contributed by atoms with Crippen molar-refractivity contribution in [3.63, 3.8) is 0 Å². The topological polar surface area (TPSA) is 83.6 Å². The van der Waals surface area contributed by atoms with Gasteiger partial charge in [-0.2, -0.15) is 10.4 Å². The molecule has 2 aromatic rings. The monoisotopic (exact) mass is 295 g/mol. The number of hydrogen-bond acceptors (Lipinski definition) is 4. The quantitative estimate of drug-likeness (QED) is 0.675. The number of nitriles is 1. The lowest BCUT2D eigenvalue weighted by Gasteiger charge is -2.07. The maximum Gasteiger partial charge on any atom is 0.261 e. The van der Waals surface area contributed by atoms with Gasteiger partial charge in [0.2, 0.25) is 0 Å². The van der Waals surface area contributed by atoms with Crippen LogP contribution >= 0.6 is 0 Å². The van der Waals surface area contributed by atoms with Gasteiger partial charge >= 0.3 is 0 Å². The first-order valence-electron chi connectivity index (χ1n) is 7.01. The summed E-state index contributed by atoms with van der Waals surface area (Å²) in [6.45, 7) is 4.46. The summed E-state index contributed by atoms with van der Waals surface area (Å²) in [4.78, 5) is 15.8. The molecule has 0 bridgehead atoms. The number of aryl methyl sites for hydroxylation is 1. The molecule has 0 saturated heterocycles. The predicted molar refractivity (Wildman–Crippen MR) is 83.0 cm³/mol. The molecule has 1 N–H and O–H groups in total. The van der Waals surface area contributed by atoms with Gasteiger partial charge in [-0.1, -0.05) is 13.0 Å². The van der Waals surface area contributed by atoms with Crippen molar-refractivity contribution in [2.75, 3.05) is 6.54 Å². The molecule has 0 unspecified atom stereocenters. The first kappa shape index (κ1) is 15.4. The van der Waals surface area contributed by atoms with Crippen molar-refractivity contribution in [3.05, 3.63) is 47.6 Å². The molecule has 0 fully saturated rings. The second-order valence-electron chi connectivity index (χ2n) is 4.81. The fraction of sp³-hybridized carbons (Fsp3) is 0.250. The van der Waals surface area contributed by atoms with Gasteiger partial charge in [-0.3, -0.25) is 4.79 Å². The smallest absolute Gasteiger partial charge is 0.261 e. The average molecular weight is 295 g/mol. The van der Waals surface area contributed by atoms with Crippen LogP contribution < -0.4 is 5.32 Å². The van der Waals surface area contributed by atoms with Crippen molar-refractivity contribution >= 4 is 12.0 Å². The van der Waals surface area contributed by atoms with Gasteiger partial charge in [0.1, 0.15) is 24.3 Å². The van der Waals surface area contributed by atoms with Crippen molar-refractivity contribution in [3.8, 4) is 11.8 Å². The van der Waals surface area contributed by atoms with Crippen molar-refractivity contribution in [2.45, 2.75) is 20.3 Å². The maximum atomic E-state index is 11.9. The number of carbonyl (C=O) groups excluding carboxylic acids is 1. The summed E-state index contributed by atoms with van der Waals surface area (Å²) < 4.78 is 1.67. The van der Waals surface area contributed by atoms with Gasteiger partial charge in [0, 0.05) is 6.54 Å². The Hall–Kier alpha value is -2.94. The van der Waals surface area contributed by atoms with Crippen LogP contribution in [-0.2, 0) is 4.79 Å². The van der Waals surface area contributed by atoms with Gasteiger partial charge in [-0.25, -0.2) is 9.67 Å². The molecule has 1 aromatic carbocycles. The standard InChI is InChI=1S/C16H17N5O/c1-3-6-19-16(22)14(9-17)8-13-4-5-15(12(2)7-13)21-11-18-10-20-21/h4-5,7-8,10-11H,3,6H2,1-2H3,(H,19,22). The zero-order chi connectivity index (χ0) is 15.9. The SMILES string of the molecule is CCCNC(=O)C(C#N)=Cc1ccc(-n2cncn2)c(C)c1. The van der Waals surface area contributed by atoms with Gasteiger partial charge in [0.25, 0.3) is 5.91 Å². The van der Waals surface area contributed by atoms with E-state index in [0.29, 0.717) is 6.54 Å². The van der Waals surface area contributed by atoms with E-state index in [-0.39, 0.29) is 11.5 Å². The Morgan fingerprint density at radius 3 is 2.91 bits per heavy atom. The molecule has 6 nitrogen and oxygen atoms in total. The molecule has 6 heteroatoms. The highest BCUT2D eigenvalue weighted by atomic mass is 16.1. The Kier molecular flexibility index (Phi) is 5.04. The number of nitrogens with zero attached hydrogens (tertiary/aromatic N) is 4. The normalized spacial score (nSPS) is 11.0. The van der Waals surface area contributed by atoms with Crippen LogP contribution in [-0.4, -0.2) is 27.2 Å². The second-order valence-corrected chi connectivity index (χ2v) is 4.81. The molecule has 0 spiro atoms. The summed E-state index contributed by atoms with van der Waals surface area (Å²) in [6.07, 6.45) is 5.51. The van der Waals surface area contributed by atoms with E-state index in [9.17, 15) is 4.79 Å². The zero-order valence-electron chi connectivity index (χ0n) is 12.6. The molecule has 0 aliphatic heterocycles. The van der Waals surface area contributed by atoms with E-state index in [0.717, 1.165) is 23.2 Å². The summed E-state index contributed by atoms with van der Waals surface area (Å²) in [5, 5.41) is 15.9. The van der Waals surface area contributed by atoms with Crippen molar-refractivity contribution < 1.29 is 4.79 Å². The Labute approximate surface area is 129 Å². The lowest BCUT2D eigenvalue weighted by Crippen LogP contribution is -2.25. The lowest BCUT2D eigenvalue weighted by atomic mass is 10.1.